The smallest absolute Gasteiger partial charge is 0.239 e. The fourth-order valence-corrected chi connectivity index (χ4v) is 2.99. The molecule has 0 radical (unpaired) electrons. The molecule has 1 saturated heterocycles. The van der Waals surface area contributed by atoms with E-state index in [1.165, 1.54) is 10.7 Å². The SMILES string of the molecule is Cc1cc(NC(=O)CN2CCC(CO)C2)n(-c2ccccc2F)n1. The molecule has 1 aliphatic rings. The highest BCUT2D eigenvalue weighted by Gasteiger charge is 2.24. The van der Waals surface area contributed by atoms with Crippen molar-refractivity contribution in [2.24, 2.45) is 5.92 Å². The van der Waals surface area contributed by atoms with Crippen LogP contribution in [-0.2, 0) is 4.79 Å². The zero-order chi connectivity index (χ0) is 17.1. The fraction of sp³-hybridized carbons (Fsp3) is 0.412. The normalized spacial score (nSPS) is 18.0. The third kappa shape index (κ3) is 3.63. The van der Waals surface area contributed by atoms with Gasteiger partial charge in [-0.05, 0) is 37.9 Å². The van der Waals surface area contributed by atoms with E-state index in [1.54, 1.807) is 31.2 Å². The standard InChI is InChI=1S/C17H21FN4O2/c1-12-8-16(22(20-12)15-5-3-2-4-14(15)18)19-17(24)10-21-7-6-13(9-21)11-23/h2-5,8,13,23H,6-7,9-11H2,1H3,(H,19,24). The lowest BCUT2D eigenvalue weighted by Gasteiger charge is -2.15. The minimum Gasteiger partial charge on any atom is -0.396 e. The lowest BCUT2D eigenvalue weighted by Crippen LogP contribution is -2.32. The second kappa shape index (κ2) is 7.11. The summed E-state index contributed by atoms with van der Waals surface area (Å²) < 4.78 is 15.4. The molecule has 128 valence electrons. The molecule has 7 heteroatoms. The molecular formula is C17H21FN4O2. The van der Waals surface area contributed by atoms with E-state index in [9.17, 15) is 9.18 Å². The van der Waals surface area contributed by atoms with Crippen LogP contribution in [0.1, 0.15) is 12.1 Å². The van der Waals surface area contributed by atoms with Gasteiger partial charge in [-0.2, -0.15) is 5.10 Å². The molecule has 2 aromatic rings. The molecule has 1 fully saturated rings. The van der Waals surface area contributed by atoms with Crippen LogP contribution in [0.15, 0.2) is 30.3 Å². The van der Waals surface area contributed by atoms with Gasteiger partial charge in [-0.1, -0.05) is 12.1 Å². The van der Waals surface area contributed by atoms with Gasteiger partial charge >= 0.3 is 0 Å². The first-order chi connectivity index (χ1) is 11.6. The quantitative estimate of drug-likeness (QED) is 0.872. The van der Waals surface area contributed by atoms with Crippen molar-refractivity contribution in [2.45, 2.75) is 13.3 Å². The highest BCUT2D eigenvalue weighted by molar-refractivity contribution is 5.91. The van der Waals surface area contributed by atoms with Crippen LogP contribution in [0.3, 0.4) is 0 Å². The predicted octanol–water partition coefficient (Wildman–Crippen LogP) is 1.57. The summed E-state index contributed by atoms with van der Waals surface area (Å²) in [6.07, 6.45) is 0.899. The zero-order valence-electron chi connectivity index (χ0n) is 13.6. The molecule has 1 amide bonds. The predicted molar refractivity (Wildman–Crippen MR) is 88.5 cm³/mol. The summed E-state index contributed by atoms with van der Waals surface area (Å²) in [5.74, 6) is 0.108. The number of anilines is 1. The minimum atomic E-state index is -0.401. The second-order valence-electron chi connectivity index (χ2n) is 6.15. The summed E-state index contributed by atoms with van der Waals surface area (Å²) >= 11 is 0. The number of nitrogens with zero attached hydrogens (tertiary/aromatic N) is 3. The molecule has 2 N–H and O–H groups in total. The number of hydrogen-bond donors (Lipinski definition) is 2. The lowest BCUT2D eigenvalue weighted by molar-refractivity contribution is -0.117. The molecule has 0 bridgehead atoms. The summed E-state index contributed by atoms with van der Waals surface area (Å²) in [7, 11) is 0. The van der Waals surface area contributed by atoms with Crippen LogP contribution in [0.25, 0.3) is 5.69 Å². The van der Waals surface area contributed by atoms with E-state index in [0.29, 0.717) is 17.2 Å². The Hall–Kier alpha value is -2.25. The number of rotatable bonds is 5. The maximum absolute atomic E-state index is 14.0. The molecule has 1 aromatic carbocycles. The van der Waals surface area contributed by atoms with Crippen LogP contribution in [0.2, 0.25) is 0 Å². The van der Waals surface area contributed by atoms with Crippen molar-refractivity contribution in [1.29, 1.82) is 0 Å². The van der Waals surface area contributed by atoms with E-state index in [2.05, 4.69) is 10.4 Å². The van der Waals surface area contributed by atoms with Crippen LogP contribution in [0.4, 0.5) is 10.2 Å². The number of carbonyl (C=O) groups excluding carboxylic acids is 1. The van der Waals surface area contributed by atoms with Gasteiger partial charge < -0.3 is 10.4 Å². The Morgan fingerprint density at radius 2 is 2.25 bits per heavy atom. The molecule has 0 aliphatic carbocycles. The molecule has 24 heavy (non-hydrogen) atoms. The van der Waals surface area contributed by atoms with Gasteiger partial charge in [0.05, 0.1) is 12.2 Å². The highest BCUT2D eigenvalue weighted by atomic mass is 19.1. The average molecular weight is 332 g/mol. The molecular weight excluding hydrogens is 311 g/mol. The van der Waals surface area contributed by atoms with Crippen molar-refractivity contribution >= 4 is 11.7 Å². The van der Waals surface area contributed by atoms with E-state index < -0.39 is 5.82 Å². The number of amides is 1. The second-order valence-corrected chi connectivity index (χ2v) is 6.15. The molecule has 3 rings (SSSR count). The van der Waals surface area contributed by atoms with Gasteiger partial charge in [0.15, 0.2) is 0 Å². The number of carbonyl (C=O) groups is 1. The Kier molecular flexibility index (Phi) is 4.92. The van der Waals surface area contributed by atoms with Gasteiger partial charge in [0.2, 0.25) is 5.91 Å². The summed E-state index contributed by atoms with van der Waals surface area (Å²) in [6.45, 7) is 3.70. The van der Waals surface area contributed by atoms with Gasteiger partial charge in [-0.25, -0.2) is 9.07 Å². The average Bonchev–Trinajstić information content (AvgIpc) is 3.14. The van der Waals surface area contributed by atoms with Gasteiger partial charge in [0.1, 0.15) is 17.3 Å². The molecule has 1 aliphatic heterocycles. The molecule has 6 nitrogen and oxygen atoms in total. The summed E-state index contributed by atoms with van der Waals surface area (Å²) in [5, 5.41) is 16.2. The van der Waals surface area contributed by atoms with E-state index in [4.69, 9.17) is 5.11 Å². The van der Waals surface area contributed by atoms with Gasteiger partial charge in [-0.15, -0.1) is 0 Å². The van der Waals surface area contributed by atoms with Crippen molar-refractivity contribution in [3.05, 3.63) is 41.8 Å². The number of aliphatic hydroxyl groups excluding tert-OH is 1. The number of para-hydroxylation sites is 1. The Morgan fingerprint density at radius 1 is 1.46 bits per heavy atom. The summed E-state index contributed by atoms with van der Waals surface area (Å²) in [5.41, 5.74) is 0.984. The fourth-order valence-electron chi connectivity index (χ4n) is 2.99. The third-order valence-corrected chi connectivity index (χ3v) is 4.18. The molecule has 1 aromatic heterocycles. The first-order valence-electron chi connectivity index (χ1n) is 8.01. The third-order valence-electron chi connectivity index (χ3n) is 4.18. The number of benzene rings is 1. The molecule has 0 saturated carbocycles. The van der Waals surface area contributed by atoms with E-state index in [0.717, 1.165) is 19.5 Å². The van der Waals surface area contributed by atoms with Crippen molar-refractivity contribution in [2.75, 3.05) is 31.6 Å². The first-order valence-corrected chi connectivity index (χ1v) is 8.01. The number of hydrogen-bond acceptors (Lipinski definition) is 4. The molecule has 0 spiro atoms. The number of aromatic nitrogens is 2. The number of aryl methyl sites for hydroxylation is 1. The van der Waals surface area contributed by atoms with Crippen LogP contribution < -0.4 is 5.32 Å². The Balaban J connectivity index is 1.72. The first kappa shape index (κ1) is 16.6. The van der Waals surface area contributed by atoms with Crippen LogP contribution in [0.5, 0.6) is 0 Å². The van der Waals surface area contributed by atoms with Gasteiger partial charge in [0, 0.05) is 19.2 Å². The van der Waals surface area contributed by atoms with Gasteiger partial charge in [-0.3, -0.25) is 9.69 Å². The van der Waals surface area contributed by atoms with Crippen molar-refractivity contribution in [3.63, 3.8) is 0 Å². The van der Waals surface area contributed by atoms with Crippen molar-refractivity contribution < 1.29 is 14.3 Å². The van der Waals surface area contributed by atoms with Crippen molar-refractivity contribution in [3.8, 4) is 5.69 Å². The maximum Gasteiger partial charge on any atom is 0.239 e. The van der Waals surface area contributed by atoms with Crippen molar-refractivity contribution in [1.82, 2.24) is 14.7 Å². The number of likely N-dealkylation sites (tertiary alicyclic amines) is 1. The summed E-state index contributed by atoms with van der Waals surface area (Å²) in [6, 6.07) is 8.02. The van der Waals surface area contributed by atoms with E-state index >= 15 is 0 Å². The Bertz CT molecular complexity index is 731. The monoisotopic (exact) mass is 332 g/mol. The van der Waals surface area contributed by atoms with Crippen LogP contribution in [-0.4, -0.2) is 51.9 Å². The maximum atomic E-state index is 14.0. The number of aliphatic hydroxyl groups is 1. The Labute approximate surface area is 139 Å². The minimum absolute atomic E-state index is 0.150. The molecule has 1 atom stereocenters. The van der Waals surface area contributed by atoms with E-state index in [1.807, 2.05) is 4.90 Å². The van der Waals surface area contributed by atoms with E-state index in [-0.39, 0.29) is 25.0 Å². The molecule has 1 unspecified atom stereocenters. The lowest BCUT2D eigenvalue weighted by atomic mass is 10.1. The topological polar surface area (TPSA) is 70.4 Å². The Morgan fingerprint density at radius 3 is 2.96 bits per heavy atom. The molecule has 2 heterocycles. The zero-order valence-corrected chi connectivity index (χ0v) is 13.6. The number of halogens is 1. The van der Waals surface area contributed by atoms with Crippen LogP contribution >= 0.6 is 0 Å². The summed E-state index contributed by atoms with van der Waals surface area (Å²) in [4.78, 5) is 14.3. The largest absolute Gasteiger partial charge is 0.396 e. The highest BCUT2D eigenvalue weighted by Crippen LogP contribution is 2.20. The number of nitrogens with one attached hydrogen (secondary N) is 1. The van der Waals surface area contributed by atoms with Gasteiger partial charge in [0.25, 0.3) is 0 Å². The van der Waals surface area contributed by atoms with Crippen LogP contribution in [0, 0.1) is 18.7 Å².